The van der Waals surface area contributed by atoms with Gasteiger partial charge in [0, 0.05) is 23.0 Å². The van der Waals surface area contributed by atoms with Gasteiger partial charge in [-0.2, -0.15) is 0 Å². The van der Waals surface area contributed by atoms with E-state index in [1.54, 1.807) is 6.20 Å². The first-order valence-electron chi connectivity index (χ1n) is 13.8. The maximum Gasteiger partial charge on any atom is 0.112 e. The normalized spacial score (nSPS) is 12.4. The van der Waals surface area contributed by atoms with Gasteiger partial charge in [0.1, 0.15) is 5.52 Å². The van der Waals surface area contributed by atoms with Crippen molar-refractivity contribution in [3.63, 3.8) is 0 Å². The van der Waals surface area contributed by atoms with Gasteiger partial charge >= 0.3 is 0 Å². The van der Waals surface area contributed by atoms with E-state index in [-0.39, 0.29) is 10.8 Å². The Kier molecular flexibility index (Phi) is 5.81. The molecule has 0 spiro atoms. The molecule has 0 amide bonds. The number of para-hydroxylation sites is 1. The number of anilines is 2. The van der Waals surface area contributed by atoms with Crippen molar-refractivity contribution < 1.29 is 0 Å². The smallest absolute Gasteiger partial charge is 0.112 e. The molecule has 40 heavy (non-hydrogen) atoms. The van der Waals surface area contributed by atoms with Crippen molar-refractivity contribution in [2.45, 2.75) is 52.4 Å². The molecule has 5 heteroatoms. The molecule has 3 aromatic carbocycles. The average Bonchev–Trinajstić information content (AvgIpc) is 3.38. The predicted molar refractivity (Wildman–Crippen MR) is 170 cm³/mol. The highest BCUT2D eigenvalue weighted by atomic mass is 15.1. The Hall–Kier alpha value is -4.51. The SMILES string of the molecule is CC(C)(C)c1ccc(-n2c(-c3c(N)c4ncccc4n3-c3ccc(C(C)(C)C)cc3)c(N)c3ccccc32)cc1. The van der Waals surface area contributed by atoms with Gasteiger partial charge in [-0.1, -0.05) is 84.0 Å². The van der Waals surface area contributed by atoms with Crippen LogP contribution in [0.25, 0.3) is 44.7 Å². The molecule has 202 valence electrons. The number of aromatic nitrogens is 3. The van der Waals surface area contributed by atoms with E-state index in [4.69, 9.17) is 16.5 Å². The molecule has 0 aliphatic heterocycles. The van der Waals surface area contributed by atoms with Gasteiger partial charge in [0.05, 0.1) is 33.8 Å². The third kappa shape index (κ3) is 4.04. The third-order valence-electron chi connectivity index (χ3n) is 7.88. The van der Waals surface area contributed by atoms with E-state index in [2.05, 4.69) is 123 Å². The zero-order valence-corrected chi connectivity index (χ0v) is 24.2. The summed E-state index contributed by atoms with van der Waals surface area (Å²) in [6.07, 6.45) is 1.79. The Labute approximate surface area is 236 Å². The van der Waals surface area contributed by atoms with Gasteiger partial charge in [-0.3, -0.25) is 4.98 Å². The molecule has 0 bridgehead atoms. The van der Waals surface area contributed by atoms with E-state index in [1.807, 2.05) is 12.1 Å². The van der Waals surface area contributed by atoms with Gasteiger partial charge in [-0.05, 0) is 64.4 Å². The highest BCUT2D eigenvalue weighted by Crippen LogP contribution is 2.45. The molecule has 0 fully saturated rings. The van der Waals surface area contributed by atoms with E-state index in [1.165, 1.54) is 11.1 Å². The summed E-state index contributed by atoms with van der Waals surface area (Å²) in [5, 5.41) is 0.990. The van der Waals surface area contributed by atoms with Crippen LogP contribution in [0.1, 0.15) is 52.7 Å². The number of nitrogens with zero attached hydrogens (tertiary/aromatic N) is 3. The van der Waals surface area contributed by atoms with E-state index in [9.17, 15) is 0 Å². The van der Waals surface area contributed by atoms with Gasteiger partial charge in [0.25, 0.3) is 0 Å². The zero-order valence-electron chi connectivity index (χ0n) is 24.2. The average molecular weight is 528 g/mol. The Morgan fingerprint density at radius 1 is 0.550 bits per heavy atom. The summed E-state index contributed by atoms with van der Waals surface area (Å²) in [6, 6.07) is 29.8. The highest BCUT2D eigenvalue weighted by molar-refractivity contribution is 6.08. The fourth-order valence-electron chi connectivity index (χ4n) is 5.63. The first-order valence-corrected chi connectivity index (χ1v) is 13.8. The lowest BCUT2D eigenvalue weighted by molar-refractivity contribution is 0.590. The number of fused-ring (bicyclic) bond motifs is 2. The molecule has 3 heterocycles. The second kappa shape index (κ2) is 9.02. The number of hydrogen-bond acceptors (Lipinski definition) is 3. The van der Waals surface area contributed by atoms with Crippen LogP contribution in [0.2, 0.25) is 0 Å². The molecule has 0 saturated carbocycles. The van der Waals surface area contributed by atoms with Crippen molar-refractivity contribution in [2.75, 3.05) is 11.5 Å². The van der Waals surface area contributed by atoms with Gasteiger partial charge in [0.2, 0.25) is 0 Å². The summed E-state index contributed by atoms with van der Waals surface area (Å²) in [4.78, 5) is 4.70. The minimum absolute atomic E-state index is 0.0523. The molecular weight excluding hydrogens is 490 g/mol. The zero-order chi connectivity index (χ0) is 28.4. The van der Waals surface area contributed by atoms with Gasteiger partial charge < -0.3 is 20.6 Å². The van der Waals surface area contributed by atoms with Crippen molar-refractivity contribution in [2.24, 2.45) is 0 Å². The topological polar surface area (TPSA) is 74.8 Å². The standard InChI is InChI=1S/C35H37N5/c1-34(2,3)22-13-17-24(18-14-22)39-27-11-8-7-10-26(27)29(36)32(39)33-30(37)31-28(12-9-21-38-31)40(33)25-19-15-23(16-20-25)35(4,5)6/h7-21H,36-37H2,1-6H3. The number of pyridine rings is 1. The molecule has 6 aromatic rings. The lowest BCUT2D eigenvalue weighted by Crippen LogP contribution is -2.11. The maximum absolute atomic E-state index is 7.02. The largest absolute Gasteiger partial charge is 0.396 e. The minimum Gasteiger partial charge on any atom is -0.396 e. The molecule has 0 atom stereocenters. The fourth-order valence-corrected chi connectivity index (χ4v) is 5.63. The Balaban J connectivity index is 1.69. The third-order valence-corrected chi connectivity index (χ3v) is 7.88. The van der Waals surface area contributed by atoms with E-state index >= 15 is 0 Å². The molecule has 5 nitrogen and oxygen atoms in total. The van der Waals surface area contributed by atoms with Crippen LogP contribution in [0.15, 0.2) is 91.1 Å². The first kappa shape index (κ1) is 25.8. The first-order chi connectivity index (χ1) is 19.0. The second-order valence-corrected chi connectivity index (χ2v) is 12.7. The number of nitrogen functional groups attached to an aromatic ring is 2. The van der Waals surface area contributed by atoms with Crippen LogP contribution in [0.4, 0.5) is 11.4 Å². The summed E-state index contributed by atoms with van der Waals surface area (Å²) in [7, 11) is 0. The van der Waals surface area contributed by atoms with Crippen molar-refractivity contribution in [1.29, 1.82) is 0 Å². The monoisotopic (exact) mass is 527 g/mol. The number of nitrogens with two attached hydrogens (primary N) is 2. The molecule has 6 rings (SSSR count). The van der Waals surface area contributed by atoms with Crippen molar-refractivity contribution in [3.05, 3.63) is 102 Å². The van der Waals surface area contributed by atoms with Crippen LogP contribution < -0.4 is 11.5 Å². The second-order valence-electron chi connectivity index (χ2n) is 12.7. The number of rotatable bonds is 3. The van der Waals surface area contributed by atoms with Crippen molar-refractivity contribution >= 4 is 33.3 Å². The van der Waals surface area contributed by atoms with Crippen LogP contribution >= 0.6 is 0 Å². The summed E-state index contributed by atoms with van der Waals surface area (Å²) in [5.74, 6) is 0. The van der Waals surface area contributed by atoms with Crippen molar-refractivity contribution in [1.82, 2.24) is 14.1 Å². The molecule has 0 unspecified atom stereocenters. The van der Waals surface area contributed by atoms with Gasteiger partial charge in [-0.15, -0.1) is 0 Å². The van der Waals surface area contributed by atoms with Gasteiger partial charge in [0.15, 0.2) is 0 Å². The summed E-state index contributed by atoms with van der Waals surface area (Å²) in [6.45, 7) is 13.4. The molecule has 0 saturated heterocycles. The quantitative estimate of drug-likeness (QED) is 0.243. The van der Waals surface area contributed by atoms with E-state index < -0.39 is 0 Å². The number of benzene rings is 3. The van der Waals surface area contributed by atoms with Crippen LogP contribution in [-0.2, 0) is 10.8 Å². The Morgan fingerprint density at radius 2 is 1.02 bits per heavy atom. The van der Waals surface area contributed by atoms with Crippen molar-refractivity contribution in [3.8, 4) is 22.8 Å². The minimum atomic E-state index is 0.0523. The lowest BCUT2D eigenvalue weighted by Gasteiger charge is -2.21. The predicted octanol–water partition coefficient (Wildman–Crippen LogP) is 8.40. The van der Waals surface area contributed by atoms with Crippen LogP contribution in [-0.4, -0.2) is 14.1 Å². The summed E-state index contributed by atoms with van der Waals surface area (Å²) >= 11 is 0. The molecule has 3 aromatic heterocycles. The molecule has 4 N–H and O–H groups in total. The number of hydrogen-bond donors (Lipinski definition) is 2. The van der Waals surface area contributed by atoms with Crippen LogP contribution in [0, 0.1) is 0 Å². The van der Waals surface area contributed by atoms with Crippen LogP contribution in [0.5, 0.6) is 0 Å². The van der Waals surface area contributed by atoms with E-state index in [0.29, 0.717) is 11.4 Å². The lowest BCUT2D eigenvalue weighted by atomic mass is 9.87. The van der Waals surface area contributed by atoms with Gasteiger partial charge in [-0.25, -0.2) is 0 Å². The van der Waals surface area contributed by atoms with Crippen LogP contribution in [0.3, 0.4) is 0 Å². The molecular formula is C35H37N5. The summed E-state index contributed by atoms with van der Waals surface area (Å²) < 4.78 is 4.44. The van der Waals surface area contributed by atoms with E-state index in [0.717, 1.165) is 44.7 Å². The maximum atomic E-state index is 7.02. The summed E-state index contributed by atoms with van der Waals surface area (Å²) in [5.41, 5.74) is 24.4. The molecule has 0 aliphatic carbocycles. The Bertz CT molecular complexity index is 1720. The fraction of sp³-hybridized carbons (Fsp3) is 0.229. The molecule has 0 aliphatic rings. The Morgan fingerprint density at radius 3 is 1.57 bits per heavy atom. The molecule has 0 radical (unpaired) electrons. The highest BCUT2D eigenvalue weighted by Gasteiger charge is 2.27.